The lowest BCUT2D eigenvalue weighted by atomic mass is 10.0. The Labute approximate surface area is 204 Å². The molecule has 2 amide bonds. The van der Waals surface area contributed by atoms with Gasteiger partial charge in [-0.15, -0.1) is 10.2 Å². The molecule has 9 heteroatoms. The van der Waals surface area contributed by atoms with Crippen LogP contribution in [-0.2, 0) is 11.8 Å². The number of amides is 2. The number of anilines is 1. The zero-order chi connectivity index (χ0) is 24.8. The lowest BCUT2D eigenvalue weighted by molar-refractivity contribution is -0.113. The molecule has 0 radical (unpaired) electrons. The predicted octanol–water partition coefficient (Wildman–Crippen LogP) is 4.30. The third-order valence-electron chi connectivity index (χ3n) is 5.44. The number of methoxy groups -OCH3 is 1. The Morgan fingerprint density at radius 1 is 1.09 bits per heavy atom. The largest absolute Gasteiger partial charge is 0.497 e. The summed E-state index contributed by atoms with van der Waals surface area (Å²) in [6, 6.07) is 12.5. The number of carbonyl (C=O) groups excluding carboxylic acids is 2. The van der Waals surface area contributed by atoms with Crippen LogP contribution in [0.5, 0.6) is 5.75 Å². The molecular formula is C25H31N5O3S. The van der Waals surface area contributed by atoms with E-state index in [1.54, 1.807) is 31.4 Å². The maximum Gasteiger partial charge on any atom is 0.251 e. The monoisotopic (exact) mass is 481 g/mol. The molecule has 0 aliphatic carbocycles. The highest BCUT2D eigenvalue weighted by Gasteiger charge is 2.25. The quantitative estimate of drug-likeness (QED) is 0.442. The lowest BCUT2D eigenvalue weighted by Gasteiger charge is -2.21. The summed E-state index contributed by atoms with van der Waals surface area (Å²) in [6.45, 7) is 8.01. The highest BCUT2D eigenvalue weighted by atomic mass is 32.2. The average molecular weight is 482 g/mol. The second-order valence-corrected chi connectivity index (χ2v) is 9.42. The van der Waals surface area contributed by atoms with E-state index in [-0.39, 0.29) is 29.5 Å². The van der Waals surface area contributed by atoms with Crippen LogP contribution >= 0.6 is 11.8 Å². The van der Waals surface area contributed by atoms with Gasteiger partial charge in [-0.3, -0.25) is 9.59 Å². The molecule has 3 rings (SSSR count). The molecule has 34 heavy (non-hydrogen) atoms. The highest BCUT2D eigenvalue weighted by Crippen LogP contribution is 2.25. The normalized spacial score (nSPS) is 11.9. The van der Waals surface area contributed by atoms with Gasteiger partial charge in [0.25, 0.3) is 5.91 Å². The molecule has 0 bridgehead atoms. The summed E-state index contributed by atoms with van der Waals surface area (Å²) < 4.78 is 6.98. The average Bonchev–Trinajstić information content (AvgIpc) is 3.17. The molecule has 3 aromatic rings. The van der Waals surface area contributed by atoms with Crippen LogP contribution in [0.4, 0.5) is 5.69 Å². The van der Waals surface area contributed by atoms with Crippen LogP contribution in [0.2, 0.25) is 0 Å². The molecule has 1 aromatic heterocycles. The molecule has 8 nitrogen and oxygen atoms in total. The molecule has 0 saturated carbocycles. The zero-order valence-electron chi connectivity index (χ0n) is 20.4. The first-order valence-electron chi connectivity index (χ1n) is 11.0. The van der Waals surface area contributed by atoms with Gasteiger partial charge < -0.3 is 19.9 Å². The number of nitrogens with one attached hydrogen (secondary N) is 2. The maximum atomic E-state index is 12.8. The number of rotatable bonds is 9. The summed E-state index contributed by atoms with van der Waals surface area (Å²) in [7, 11) is 3.43. The van der Waals surface area contributed by atoms with Gasteiger partial charge in [-0.1, -0.05) is 43.3 Å². The van der Waals surface area contributed by atoms with Crippen LogP contribution in [0.15, 0.2) is 47.6 Å². The Morgan fingerprint density at radius 2 is 1.79 bits per heavy atom. The van der Waals surface area contributed by atoms with E-state index < -0.39 is 0 Å². The summed E-state index contributed by atoms with van der Waals surface area (Å²) in [5.41, 5.74) is 3.50. The van der Waals surface area contributed by atoms with Gasteiger partial charge in [0.15, 0.2) is 11.0 Å². The molecule has 180 valence electrons. The number of nitrogens with zero attached hydrogens (tertiary/aromatic N) is 3. The Hall–Kier alpha value is -3.33. The smallest absolute Gasteiger partial charge is 0.251 e. The van der Waals surface area contributed by atoms with Gasteiger partial charge in [0.05, 0.1) is 18.9 Å². The number of aryl methyl sites for hydroxylation is 2. The number of ether oxygens (including phenoxy) is 1. The molecule has 0 spiro atoms. The third-order valence-corrected chi connectivity index (χ3v) is 6.46. The second kappa shape index (κ2) is 11.2. The van der Waals surface area contributed by atoms with Crippen LogP contribution in [0.25, 0.3) is 0 Å². The first kappa shape index (κ1) is 25.3. The van der Waals surface area contributed by atoms with E-state index >= 15 is 0 Å². The van der Waals surface area contributed by atoms with Crippen molar-refractivity contribution < 1.29 is 14.3 Å². The number of thioether (sulfide) groups is 1. The molecular weight excluding hydrogens is 450 g/mol. The number of aromatic nitrogens is 3. The number of benzene rings is 2. The molecule has 1 atom stereocenters. The fourth-order valence-electron chi connectivity index (χ4n) is 3.49. The van der Waals surface area contributed by atoms with Crippen LogP contribution in [0, 0.1) is 19.8 Å². The Balaban J connectivity index is 1.66. The fraction of sp³-hybridized carbons (Fsp3) is 0.360. The molecule has 2 aromatic carbocycles. The van der Waals surface area contributed by atoms with Crippen molar-refractivity contribution >= 4 is 29.3 Å². The molecule has 0 unspecified atom stereocenters. The number of carbonyl (C=O) groups is 2. The number of hydrogen-bond donors (Lipinski definition) is 2. The minimum Gasteiger partial charge on any atom is -0.497 e. The summed E-state index contributed by atoms with van der Waals surface area (Å²) >= 11 is 1.30. The van der Waals surface area contributed by atoms with E-state index in [1.165, 1.54) is 11.8 Å². The molecule has 0 fully saturated rings. The van der Waals surface area contributed by atoms with Crippen molar-refractivity contribution in [2.45, 2.75) is 38.9 Å². The summed E-state index contributed by atoms with van der Waals surface area (Å²) in [6.07, 6.45) is 0. The van der Waals surface area contributed by atoms with Crippen LogP contribution < -0.4 is 15.4 Å². The molecule has 0 saturated heterocycles. The second-order valence-electron chi connectivity index (χ2n) is 8.48. The third kappa shape index (κ3) is 6.17. The minimum atomic E-state index is -0.342. The molecule has 0 aliphatic heterocycles. The van der Waals surface area contributed by atoms with Gasteiger partial charge in [-0.05, 0) is 55.7 Å². The first-order valence-corrected chi connectivity index (χ1v) is 12.0. The van der Waals surface area contributed by atoms with Crippen molar-refractivity contribution in [3.8, 4) is 5.75 Å². The van der Waals surface area contributed by atoms with Crippen molar-refractivity contribution in [1.29, 1.82) is 0 Å². The highest BCUT2D eigenvalue weighted by molar-refractivity contribution is 7.99. The van der Waals surface area contributed by atoms with Gasteiger partial charge in [-0.2, -0.15) is 0 Å². The van der Waals surface area contributed by atoms with Crippen molar-refractivity contribution in [1.82, 2.24) is 20.1 Å². The van der Waals surface area contributed by atoms with E-state index in [1.807, 2.05) is 57.5 Å². The SMILES string of the molecule is COc1ccc(C(=O)N[C@@H](c2nnc(SCC(=O)Nc3ccc(C)cc3C)n2C)C(C)C)cc1. The molecule has 2 N–H and O–H groups in total. The van der Waals surface area contributed by atoms with Crippen molar-refractivity contribution in [3.05, 3.63) is 65.0 Å². The topological polar surface area (TPSA) is 98.1 Å². The van der Waals surface area contributed by atoms with Gasteiger partial charge in [0, 0.05) is 18.3 Å². The van der Waals surface area contributed by atoms with Crippen LogP contribution in [-0.4, -0.2) is 39.4 Å². The Kier molecular flexibility index (Phi) is 8.33. The van der Waals surface area contributed by atoms with Gasteiger partial charge >= 0.3 is 0 Å². The van der Waals surface area contributed by atoms with E-state index in [4.69, 9.17) is 4.74 Å². The molecule has 0 aliphatic rings. The molecule has 1 heterocycles. The zero-order valence-corrected chi connectivity index (χ0v) is 21.2. The van der Waals surface area contributed by atoms with Crippen molar-refractivity contribution in [2.75, 3.05) is 18.2 Å². The minimum absolute atomic E-state index is 0.0794. The lowest BCUT2D eigenvalue weighted by Crippen LogP contribution is -2.33. The van der Waals surface area contributed by atoms with Crippen molar-refractivity contribution in [3.63, 3.8) is 0 Å². The maximum absolute atomic E-state index is 12.8. The van der Waals surface area contributed by atoms with Crippen LogP contribution in [0.1, 0.15) is 47.2 Å². The standard InChI is InChI=1S/C25H31N5O3S/c1-15(2)22(27-24(32)18-8-10-19(33-6)11-9-18)23-28-29-25(30(23)5)34-14-21(31)26-20-12-7-16(3)13-17(20)4/h7-13,15,22H,14H2,1-6H3,(H,26,31)(H,27,32)/t22-/m1/s1. The Morgan fingerprint density at radius 3 is 2.41 bits per heavy atom. The summed E-state index contributed by atoms with van der Waals surface area (Å²) in [5.74, 6) is 1.28. The van der Waals surface area contributed by atoms with Gasteiger partial charge in [0.2, 0.25) is 5.91 Å². The summed E-state index contributed by atoms with van der Waals surface area (Å²) in [4.78, 5) is 25.3. The first-order chi connectivity index (χ1) is 16.2. The van der Waals surface area contributed by atoms with Gasteiger partial charge in [0.1, 0.15) is 5.75 Å². The fourth-order valence-corrected chi connectivity index (χ4v) is 4.21. The number of hydrogen-bond acceptors (Lipinski definition) is 6. The van der Waals surface area contributed by atoms with E-state index in [2.05, 4.69) is 20.8 Å². The van der Waals surface area contributed by atoms with E-state index in [9.17, 15) is 9.59 Å². The Bertz CT molecular complexity index is 1160. The van der Waals surface area contributed by atoms with Gasteiger partial charge in [-0.25, -0.2) is 0 Å². The summed E-state index contributed by atoms with van der Waals surface area (Å²) in [5, 5.41) is 15.2. The van der Waals surface area contributed by atoms with E-state index in [0.717, 1.165) is 16.8 Å². The van der Waals surface area contributed by atoms with Crippen molar-refractivity contribution in [2.24, 2.45) is 13.0 Å². The van der Waals surface area contributed by atoms with Crippen LogP contribution in [0.3, 0.4) is 0 Å². The predicted molar refractivity (Wildman–Crippen MR) is 134 cm³/mol. The van der Waals surface area contributed by atoms with E-state index in [0.29, 0.717) is 22.3 Å².